The number of aromatic nitrogens is 4. The van der Waals surface area contributed by atoms with E-state index in [2.05, 4.69) is 46.4 Å². The van der Waals surface area contributed by atoms with Crippen molar-refractivity contribution in [3.05, 3.63) is 156 Å². The predicted molar refractivity (Wildman–Crippen MR) is 216 cm³/mol. The van der Waals surface area contributed by atoms with Crippen LogP contribution in [-0.4, -0.2) is 34.2 Å². The molecular formula is C46H34N4O4. The molecule has 0 radical (unpaired) electrons. The van der Waals surface area contributed by atoms with Crippen LogP contribution in [-0.2, 0) is 0 Å². The van der Waals surface area contributed by atoms with Crippen molar-refractivity contribution in [1.29, 1.82) is 0 Å². The highest BCUT2D eigenvalue weighted by atomic mass is 16.5. The minimum Gasteiger partial charge on any atom is -0.497 e. The zero-order valence-corrected chi connectivity index (χ0v) is 29.5. The van der Waals surface area contributed by atoms with Crippen LogP contribution in [0.5, 0.6) is 34.5 Å². The van der Waals surface area contributed by atoms with Crippen molar-refractivity contribution < 1.29 is 18.9 Å². The van der Waals surface area contributed by atoms with Crippen molar-refractivity contribution >= 4 is 46.4 Å². The highest BCUT2D eigenvalue weighted by Crippen LogP contribution is 2.39. The normalized spacial score (nSPS) is 11.7. The maximum Gasteiger partial charge on any atom is 0.178 e. The maximum atomic E-state index is 6.70. The Morgan fingerprint density at radius 3 is 1.17 bits per heavy atom. The number of benzene rings is 4. The standard InChI is InChI=1S/C46H34N4O4/c1-51-31-13-17-33(18-14-31)53-45-39-25-21-35(47-39)43(29-9-5-3-6-10-29)37-23-27-41(49-37)46(54-34-19-15-32(52-2)16-20-34)42-28-24-38(50-42)44(30-11-7-4-8-12-30)36-22-26-40(45)48-36/h3-28,47-48H,1-2H3. The Morgan fingerprint density at radius 1 is 0.370 bits per heavy atom. The summed E-state index contributed by atoms with van der Waals surface area (Å²) in [6, 6.07) is 43.7. The summed E-state index contributed by atoms with van der Waals surface area (Å²) in [6.45, 7) is 0. The number of hydrogen-bond donors (Lipinski definition) is 2. The van der Waals surface area contributed by atoms with Crippen LogP contribution in [0.1, 0.15) is 22.8 Å². The molecule has 8 nitrogen and oxygen atoms in total. The largest absolute Gasteiger partial charge is 0.497 e. The number of methoxy groups -OCH3 is 2. The minimum atomic E-state index is 0.535. The Morgan fingerprint density at radius 2 is 0.741 bits per heavy atom. The van der Waals surface area contributed by atoms with Crippen LogP contribution in [0, 0.1) is 0 Å². The molecule has 2 aliphatic rings. The third-order valence-electron chi connectivity index (χ3n) is 9.34. The summed E-state index contributed by atoms with van der Waals surface area (Å²) in [5.74, 6) is 3.94. The van der Waals surface area contributed by atoms with Crippen molar-refractivity contribution in [3.8, 4) is 56.8 Å². The summed E-state index contributed by atoms with van der Waals surface area (Å²) >= 11 is 0. The van der Waals surface area contributed by atoms with E-state index in [1.807, 2.05) is 121 Å². The predicted octanol–water partition coefficient (Wildman–Crippen LogP) is 11.6. The van der Waals surface area contributed by atoms with Gasteiger partial charge in [-0.3, -0.25) is 0 Å². The van der Waals surface area contributed by atoms with E-state index < -0.39 is 0 Å². The summed E-state index contributed by atoms with van der Waals surface area (Å²) in [5.41, 5.74) is 10.0. The molecule has 9 rings (SSSR count). The van der Waals surface area contributed by atoms with Crippen molar-refractivity contribution in [3.63, 3.8) is 0 Å². The monoisotopic (exact) mass is 706 g/mol. The van der Waals surface area contributed by atoms with Gasteiger partial charge in [0.15, 0.2) is 11.5 Å². The van der Waals surface area contributed by atoms with Gasteiger partial charge in [0.1, 0.15) is 34.4 Å². The van der Waals surface area contributed by atoms with Crippen LogP contribution in [0.25, 0.3) is 68.6 Å². The van der Waals surface area contributed by atoms with Gasteiger partial charge >= 0.3 is 0 Å². The van der Waals surface area contributed by atoms with E-state index >= 15 is 0 Å². The molecule has 0 spiro atoms. The van der Waals surface area contributed by atoms with Crippen LogP contribution >= 0.6 is 0 Å². The number of nitrogens with one attached hydrogen (secondary N) is 2. The first-order valence-electron chi connectivity index (χ1n) is 17.5. The number of rotatable bonds is 8. The van der Waals surface area contributed by atoms with E-state index in [4.69, 9.17) is 28.9 Å². The minimum absolute atomic E-state index is 0.535. The first-order valence-corrected chi connectivity index (χ1v) is 17.5. The lowest BCUT2D eigenvalue weighted by molar-refractivity contribution is 0.412. The second-order valence-corrected chi connectivity index (χ2v) is 12.7. The molecule has 0 saturated carbocycles. The van der Waals surface area contributed by atoms with Crippen molar-refractivity contribution in [2.45, 2.75) is 0 Å². The number of fused-ring (bicyclic) bond motifs is 8. The smallest absolute Gasteiger partial charge is 0.178 e. The maximum absolute atomic E-state index is 6.70. The summed E-state index contributed by atoms with van der Waals surface area (Å²) in [5, 5.41) is 0. The highest BCUT2D eigenvalue weighted by molar-refractivity contribution is 5.95. The van der Waals surface area contributed by atoms with Gasteiger partial charge in [0.25, 0.3) is 0 Å². The number of nitrogens with zero attached hydrogens (tertiary/aromatic N) is 2. The number of hydrogen-bond acceptors (Lipinski definition) is 6. The third kappa shape index (κ3) is 6.26. The summed E-state index contributed by atoms with van der Waals surface area (Å²) < 4.78 is 24.2. The molecule has 4 aromatic carbocycles. The van der Waals surface area contributed by atoms with Crippen molar-refractivity contribution in [1.82, 2.24) is 19.9 Å². The van der Waals surface area contributed by atoms with Gasteiger partial charge in [-0.15, -0.1) is 0 Å². The molecule has 5 heterocycles. The van der Waals surface area contributed by atoms with Crippen molar-refractivity contribution in [2.75, 3.05) is 14.2 Å². The molecular weight excluding hydrogens is 673 g/mol. The molecule has 262 valence electrons. The Bertz CT molecular complexity index is 2580. The molecule has 0 fully saturated rings. The van der Waals surface area contributed by atoms with Gasteiger partial charge in [-0.25, -0.2) is 9.97 Å². The van der Waals surface area contributed by atoms with Crippen molar-refractivity contribution in [2.24, 2.45) is 0 Å². The fourth-order valence-corrected chi connectivity index (χ4v) is 6.71. The fraction of sp³-hybridized carbons (Fsp3) is 0.0435. The zero-order chi connectivity index (χ0) is 36.4. The highest BCUT2D eigenvalue weighted by Gasteiger charge is 2.20. The zero-order valence-electron chi connectivity index (χ0n) is 29.5. The average molecular weight is 707 g/mol. The van der Waals surface area contributed by atoms with E-state index in [1.54, 1.807) is 14.2 Å². The lowest BCUT2D eigenvalue weighted by Crippen LogP contribution is -1.93. The molecule has 0 unspecified atom stereocenters. The van der Waals surface area contributed by atoms with Gasteiger partial charge in [-0.2, -0.15) is 0 Å². The summed E-state index contributed by atoms with van der Waals surface area (Å²) in [4.78, 5) is 17.8. The fourth-order valence-electron chi connectivity index (χ4n) is 6.71. The van der Waals surface area contributed by atoms with Gasteiger partial charge in [-0.1, -0.05) is 60.7 Å². The third-order valence-corrected chi connectivity index (χ3v) is 9.34. The van der Waals surface area contributed by atoms with Crippen LogP contribution in [0.4, 0.5) is 0 Å². The van der Waals surface area contributed by atoms with E-state index in [9.17, 15) is 0 Å². The molecule has 2 N–H and O–H groups in total. The van der Waals surface area contributed by atoms with Gasteiger partial charge in [-0.05, 0) is 108 Å². The van der Waals surface area contributed by atoms with Crippen LogP contribution < -0.4 is 18.9 Å². The van der Waals surface area contributed by atoms with Crippen LogP contribution in [0.2, 0.25) is 0 Å². The Kier molecular flexibility index (Phi) is 8.45. The van der Waals surface area contributed by atoms with E-state index in [0.717, 1.165) is 67.2 Å². The average Bonchev–Trinajstić information content (AvgIpc) is 4.07. The first kappa shape index (κ1) is 32.6. The van der Waals surface area contributed by atoms with Gasteiger partial charge < -0.3 is 28.9 Å². The van der Waals surface area contributed by atoms with Crippen LogP contribution in [0.3, 0.4) is 0 Å². The van der Waals surface area contributed by atoms with E-state index in [1.165, 1.54) is 0 Å². The molecule has 3 aromatic heterocycles. The SMILES string of the molecule is COc1ccc(Oc2c3nc(c(-c4ccccc4)c4ccc([nH]4)c(Oc4ccc(OC)cc4)c4ccc([nH]4)c(-c4ccccc4)c4nc2C=C4)C=C3)cc1. The van der Waals surface area contributed by atoms with Gasteiger partial charge in [0.2, 0.25) is 0 Å². The number of H-pyrrole nitrogens is 2. The quantitative estimate of drug-likeness (QED) is 0.163. The Balaban J connectivity index is 1.37. The second kappa shape index (κ2) is 14.0. The lowest BCUT2D eigenvalue weighted by atomic mass is 10.0. The molecule has 0 amide bonds. The van der Waals surface area contributed by atoms with Gasteiger partial charge in [0.05, 0.1) is 36.6 Å². The topological polar surface area (TPSA) is 94.3 Å². The molecule has 0 saturated heterocycles. The molecule has 8 bridgehead atoms. The Labute approximate surface area is 311 Å². The van der Waals surface area contributed by atoms with E-state index in [0.29, 0.717) is 34.4 Å². The second-order valence-electron chi connectivity index (χ2n) is 12.7. The first-order chi connectivity index (χ1) is 26.6. The lowest BCUT2D eigenvalue weighted by Gasteiger charge is -2.09. The molecule has 7 aromatic rings. The molecule has 54 heavy (non-hydrogen) atoms. The number of ether oxygens (including phenoxy) is 4. The summed E-state index contributed by atoms with van der Waals surface area (Å²) in [7, 11) is 3.29. The molecule has 8 heteroatoms. The van der Waals surface area contributed by atoms with E-state index in [-0.39, 0.29) is 0 Å². The van der Waals surface area contributed by atoms with Crippen LogP contribution in [0.15, 0.2) is 133 Å². The molecule has 0 aliphatic carbocycles. The molecule has 2 aliphatic heterocycles. The van der Waals surface area contributed by atoms with Gasteiger partial charge in [0, 0.05) is 22.2 Å². The molecule has 0 atom stereocenters. The number of aromatic amines is 2. The Hall–Kier alpha value is -7.32. The summed E-state index contributed by atoms with van der Waals surface area (Å²) in [6.07, 6.45) is 8.01.